The van der Waals surface area contributed by atoms with Gasteiger partial charge in [0.1, 0.15) is 6.54 Å². The number of aryl methyl sites for hydroxylation is 3. The van der Waals surface area contributed by atoms with Gasteiger partial charge >= 0.3 is 0 Å². The second-order valence-electron chi connectivity index (χ2n) is 17.7. The topological polar surface area (TPSA) is 3.88 Å². The van der Waals surface area contributed by atoms with E-state index in [1.54, 1.807) is 11.1 Å². The molecule has 0 radical (unpaired) electrons. The van der Waals surface area contributed by atoms with Gasteiger partial charge in [0.15, 0.2) is 12.4 Å². The Hall–Kier alpha value is -0.850. The summed E-state index contributed by atoms with van der Waals surface area (Å²) in [6.07, 6.45) is 66.8. The number of aromatic nitrogens is 1. The molecule has 0 unspecified atom stereocenters. The molecule has 0 spiro atoms. The van der Waals surface area contributed by atoms with Crippen molar-refractivity contribution in [2.75, 3.05) is 0 Å². The molecule has 1 heteroatoms. The summed E-state index contributed by atoms with van der Waals surface area (Å²) in [5, 5.41) is 0. The van der Waals surface area contributed by atoms with E-state index in [0.29, 0.717) is 0 Å². The highest BCUT2D eigenvalue weighted by Crippen LogP contribution is 2.18. The van der Waals surface area contributed by atoms with Gasteiger partial charge in [-0.3, -0.25) is 0 Å². The molecule has 0 aliphatic heterocycles. The number of hydrogen-bond acceptors (Lipinski definition) is 0. The van der Waals surface area contributed by atoms with Crippen LogP contribution in [0.25, 0.3) is 0 Å². The van der Waals surface area contributed by atoms with E-state index < -0.39 is 0 Å². The molecule has 53 heavy (non-hydrogen) atoms. The minimum atomic E-state index is 1.22. The summed E-state index contributed by atoms with van der Waals surface area (Å²) in [6, 6.07) is 2.59. The van der Waals surface area contributed by atoms with Gasteiger partial charge in [-0.2, -0.15) is 0 Å². The van der Waals surface area contributed by atoms with Gasteiger partial charge in [-0.15, -0.1) is 0 Å². The van der Waals surface area contributed by atoms with Crippen LogP contribution in [0.3, 0.4) is 0 Å². The number of pyridine rings is 1. The van der Waals surface area contributed by atoms with Crippen molar-refractivity contribution in [1.82, 2.24) is 0 Å². The molecule has 0 amide bonds. The first-order valence-electron chi connectivity index (χ1n) is 25.3. The first-order chi connectivity index (χ1) is 26.3. The van der Waals surface area contributed by atoms with Gasteiger partial charge in [0.25, 0.3) is 0 Å². The Morgan fingerprint density at radius 1 is 0.264 bits per heavy atom. The van der Waals surface area contributed by atoms with Crippen LogP contribution >= 0.6 is 0 Å². The Kier molecular flexibility index (Phi) is 40.0. The van der Waals surface area contributed by atoms with Gasteiger partial charge in [0.05, 0.1) is 0 Å². The van der Waals surface area contributed by atoms with E-state index >= 15 is 0 Å². The van der Waals surface area contributed by atoms with E-state index in [4.69, 9.17) is 0 Å². The largest absolute Gasteiger partial charge is 0.205 e. The lowest BCUT2D eigenvalue weighted by molar-refractivity contribution is -0.698. The van der Waals surface area contributed by atoms with Crippen LogP contribution in [0, 0.1) is 0 Å². The molecular weight excluding hydrogens is 639 g/mol. The highest BCUT2D eigenvalue weighted by atomic mass is 14.9. The summed E-state index contributed by atoms with van der Waals surface area (Å²) in [7, 11) is 0. The first-order valence-corrected chi connectivity index (χ1v) is 25.3. The smallest absolute Gasteiger partial charge is 0.171 e. The van der Waals surface area contributed by atoms with Gasteiger partial charge in [-0.05, 0) is 38.2 Å². The predicted octanol–water partition coefficient (Wildman–Crippen LogP) is 18.1. The van der Waals surface area contributed by atoms with Crippen molar-refractivity contribution >= 4 is 0 Å². The van der Waals surface area contributed by atoms with Gasteiger partial charge in [-0.1, -0.05) is 258 Å². The minimum absolute atomic E-state index is 1.22. The van der Waals surface area contributed by atoms with E-state index in [9.17, 15) is 0 Å². The molecule has 0 fully saturated rings. The van der Waals surface area contributed by atoms with E-state index in [-0.39, 0.29) is 0 Å². The summed E-state index contributed by atoms with van der Waals surface area (Å²) in [5.41, 5.74) is 3.22. The average Bonchev–Trinajstić information content (AvgIpc) is 3.17. The molecular formula is C52H100N+. The van der Waals surface area contributed by atoms with Gasteiger partial charge in [0, 0.05) is 17.5 Å². The Morgan fingerprint density at radius 3 is 0.717 bits per heavy atom. The number of hydrogen-bond donors (Lipinski definition) is 0. The molecule has 0 atom stereocenters. The number of nitrogens with zero attached hydrogens (tertiary/aromatic N) is 1. The molecule has 0 aromatic carbocycles. The van der Waals surface area contributed by atoms with E-state index in [2.05, 4.69) is 43.8 Å². The monoisotopic (exact) mass is 739 g/mol. The molecule has 1 aromatic heterocycles. The fraction of sp³-hybridized carbons (Fsp3) is 0.904. The standard InChI is InChI=1S/C52H100N/c1-4-7-10-13-16-19-21-23-25-27-29-31-33-36-39-42-45-51-48-52(50-53(49-51)47-44-41-38-35-18-15-12-9-6-3)46-43-40-37-34-32-30-28-26-24-22-20-17-14-11-8-5-2/h48-50H,4-47H2,1-3H3/q+1. The van der Waals surface area contributed by atoms with Crippen molar-refractivity contribution in [3.8, 4) is 0 Å². The summed E-state index contributed by atoms with van der Waals surface area (Å²) in [5.74, 6) is 0. The second kappa shape index (κ2) is 42.3. The van der Waals surface area contributed by atoms with Crippen molar-refractivity contribution in [1.29, 1.82) is 0 Å². The zero-order valence-corrected chi connectivity index (χ0v) is 37.3. The summed E-state index contributed by atoms with van der Waals surface area (Å²) < 4.78 is 2.59. The van der Waals surface area contributed by atoms with Crippen LogP contribution in [-0.2, 0) is 19.4 Å². The Morgan fingerprint density at radius 2 is 0.472 bits per heavy atom. The SMILES string of the molecule is CCCCCCCCCCCCCCCCCCc1cc(CCCCCCCCCCCCCCCCCC)c[n+](CCCCCCCCCCC)c1. The van der Waals surface area contributed by atoms with Crippen molar-refractivity contribution < 1.29 is 4.57 Å². The van der Waals surface area contributed by atoms with Crippen LogP contribution < -0.4 is 4.57 Å². The summed E-state index contributed by atoms with van der Waals surface area (Å²) in [6.45, 7) is 8.17. The predicted molar refractivity (Wildman–Crippen MR) is 240 cm³/mol. The molecule has 0 aliphatic carbocycles. The van der Waals surface area contributed by atoms with Crippen LogP contribution in [0.5, 0.6) is 0 Å². The third-order valence-electron chi connectivity index (χ3n) is 12.2. The maximum Gasteiger partial charge on any atom is 0.171 e. The molecule has 0 saturated carbocycles. The normalized spacial score (nSPS) is 11.6. The molecule has 1 rings (SSSR count). The maximum atomic E-state index is 2.59. The van der Waals surface area contributed by atoms with Crippen molar-refractivity contribution in [3.63, 3.8) is 0 Å². The summed E-state index contributed by atoms with van der Waals surface area (Å²) in [4.78, 5) is 0. The van der Waals surface area contributed by atoms with Gasteiger partial charge in [-0.25, -0.2) is 4.57 Å². The second-order valence-corrected chi connectivity index (χ2v) is 17.7. The molecule has 1 heterocycles. The lowest BCUT2D eigenvalue weighted by Crippen LogP contribution is -2.34. The maximum absolute atomic E-state index is 2.59. The average molecular weight is 739 g/mol. The Balaban J connectivity index is 2.24. The molecule has 1 nitrogen and oxygen atoms in total. The fourth-order valence-corrected chi connectivity index (χ4v) is 8.54. The van der Waals surface area contributed by atoms with Crippen LogP contribution in [0.1, 0.15) is 295 Å². The van der Waals surface area contributed by atoms with Gasteiger partial charge in [0.2, 0.25) is 0 Å². The van der Waals surface area contributed by atoms with Crippen LogP contribution in [-0.4, -0.2) is 0 Å². The Labute approximate surface area is 336 Å². The van der Waals surface area contributed by atoms with Crippen molar-refractivity contribution in [2.45, 2.75) is 303 Å². The summed E-state index contributed by atoms with van der Waals surface area (Å²) >= 11 is 0. The highest BCUT2D eigenvalue weighted by Gasteiger charge is 2.09. The molecule has 312 valence electrons. The first kappa shape index (κ1) is 50.2. The third-order valence-corrected chi connectivity index (χ3v) is 12.2. The molecule has 0 aliphatic rings. The van der Waals surface area contributed by atoms with Crippen LogP contribution in [0.4, 0.5) is 0 Å². The van der Waals surface area contributed by atoms with Crippen molar-refractivity contribution in [3.05, 3.63) is 29.6 Å². The van der Waals surface area contributed by atoms with E-state index in [1.165, 1.54) is 283 Å². The van der Waals surface area contributed by atoms with Crippen molar-refractivity contribution in [2.24, 2.45) is 0 Å². The fourth-order valence-electron chi connectivity index (χ4n) is 8.54. The lowest BCUT2D eigenvalue weighted by atomic mass is 10.0. The molecule has 0 bridgehead atoms. The van der Waals surface area contributed by atoms with Gasteiger partial charge < -0.3 is 0 Å². The van der Waals surface area contributed by atoms with Crippen LogP contribution in [0.2, 0.25) is 0 Å². The number of rotatable bonds is 44. The lowest BCUT2D eigenvalue weighted by Gasteiger charge is -2.08. The zero-order chi connectivity index (χ0) is 38.0. The quantitative estimate of drug-likeness (QED) is 0.0464. The van der Waals surface area contributed by atoms with Crippen LogP contribution in [0.15, 0.2) is 18.5 Å². The highest BCUT2D eigenvalue weighted by molar-refractivity contribution is 5.15. The number of unbranched alkanes of at least 4 members (excludes halogenated alkanes) is 38. The molecule has 1 aromatic rings. The van der Waals surface area contributed by atoms with E-state index in [0.717, 1.165) is 0 Å². The zero-order valence-electron chi connectivity index (χ0n) is 37.3. The van der Waals surface area contributed by atoms with E-state index in [1.807, 2.05) is 0 Å². The molecule has 0 saturated heterocycles. The Bertz CT molecular complexity index is 774. The minimum Gasteiger partial charge on any atom is -0.205 e. The third kappa shape index (κ3) is 36.5. The molecule has 0 N–H and O–H groups in total.